The van der Waals surface area contributed by atoms with Crippen LogP contribution in [-0.2, 0) is 7.05 Å². The van der Waals surface area contributed by atoms with Crippen LogP contribution in [0.15, 0.2) is 24.5 Å². The molecule has 5 aromatic rings. The molecule has 5 aromatic heterocycles. The number of carbonyl (C=O) groups excluding carboxylic acids is 2. The molecule has 0 bridgehead atoms. The van der Waals surface area contributed by atoms with Crippen LogP contribution in [0.25, 0.3) is 27.0 Å². The van der Waals surface area contributed by atoms with Gasteiger partial charge in [-0.25, -0.2) is 32.0 Å². The van der Waals surface area contributed by atoms with Crippen molar-refractivity contribution in [2.24, 2.45) is 12.8 Å². The second-order valence-electron chi connectivity index (χ2n) is 8.38. The number of primary amides is 1. The molecular weight excluding hydrogens is 528 g/mol. The van der Waals surface area contributed by atoms with Crippen molar-refractivity contribution in [3.05, 3.63) is 57.7 Å². The van der Waals surface area contributed by atoms with Gasteiger partial charge in [0.2, 0.25) is 0 Å². The van der Waals surface area contributed by atoms with Crippen molar-refractivity contribution in [3.8, 4) is 11.1 Å². The summed E-state index contributed by atoms with van der Waals surface area (Å²) in [5, 5.41) is 10.8. The molecule has 0 spiro atoms. The number of nitrogens with one attached hydrogen (secondary N) is 1. The zero-order valence-corrected chi connectivity index (χ0v) is 20.8. The maximum atomic E-state index is 13.7. The highest BCUT2D eigenvalue weighted by molar-refractivity contribution is 7.21. The minimum atomic E-state index is -2.91. The lowest BCUT2D eigenvalue weighted by Crippen LogP contribution is -2.17. The fourth-order valence-electron chi connectivity index (χ4n) is 4.11. The number of thiophene rings is 1. The Kier molecular flexibility index (Phi) is 6.09. The Morgan fingerprint density at radius 3 is 2.37 bits per heavy atom. The normalized spacial score (nSPS) is 11.8. The van der Waals surface area contributed by atoms with Crippen LogP contribution in [0.2, 0.25) is 0 Å². The zero-order chi connectivity index (χ0) is 27.5. The molecule has 0 saturated carbocycles. The predicted molar refractivity (Wildman–Crippen MR) is 131 cm³/mol. The van der Waals surface area contributed by atoms with Crippen LogP contribution in [0.5, 0.6) is 0 Å². The summed E-state index contributed by atoms with van der Waals surface area (Å²) in [6, 6.07) is 2.32. The number of hydrogen-bond acceptors (Lipinski definition) is 7. The Morgan fingerprint density at radius 1 is 1.03 bits per heavy atom. The van der Waals surface area contributed by atoms with Gasteiger partial charge in [0.05, 0.1) is 18.1 Å². The van der Waals surface area contributed by atoms with Crippen molar-refractivity contribution in [2.45, 2.75) is 26.7 Å². The molecule has 0 aliphatic carbocycles. The fourth-order valence-corrected chi connectivity index (χ4v) is 5.12. The number of aromatic nitrogens is 6. The molecule has 3 N–H and O–H groups in total. The molecule has 5 heterocycles. The molecule has 2 amide bonds. The number of halogens is 4. The van der Waals surface area contributed by atoms with Gasteiger partial charge in [0.15, 0.2) is 5.65 Å². The number of fused-ring (bicyclic) bond motifs is 2. The monoisotopic (exact) mass is 546 g/mol. The molecular formula is C23H18F4N8O2S. The third-order valence-electron chi connectivity index (χ3n) is 5.99. The van der Waals surface area contributed by atoms with Crippen LogP contribution < -0.4 is 11.1 Å². The first-order chi connectivity index (χ1) is 18.0. The first kappa shape index (κ1) is 25.3. The molecule has 196 valence electrons. The summed E-state index contributed by atoms with van der Waals surface area (Å²) in [5.41, 5.74) is 5.84. The lowest BCUT2D eigenvalue weighted by molar-refractivity contribution is 0.100. The van der Waals surface area contributed by atoms with Gasteiger partial charge in [-0.15, -0.1) is 11.3 Å². The zero-order valence-electron chi connectivity index (χ0n) is 20.0. The maximum absolute atomic E-state index is 13.7. The van der Waals surface area contributed by atoms with Crippen LogP contribution in [0.1, 0.15) is 55.7 Å². The number of hydrogen-bond donors (Lipinski definition) is 2. The standard InChI is InChI=1S/C23H18F4N8O2S/c1-8-4-14(19(26)27)35-21(31-8)12(7-30-35)22(37)33-16-15-10(11-6-29-34(3)9(11)2)5-13(18(24)25)32-23(15)38-17(16)20(28)36/h4-7,18-19H,1-3H3,(H2,28,36)(H,33,37). The van der Waals surface area contributed by atoms with Crippen molar-refractivity contribution in [1.82, 2.24) is 29.4 Å². The molecule has 38 heavy (non-hydrogen) atoms. The van der Waals surface area contributed by atoms with Gasteiger partial charge in [-0.05, 0) is 31.5 Å². The maximum Gasteiger partial charge on any atom is 0.280 e. The predicted octanol–water partition coefficient (Wildman–Crippen LogP) is 4.58. The third-order valence-corrected chi connectivity index (χ3v) is 7.09. The molecule has 0 unspecified atom stereocenters. The SMILES string of the molecule is Cc1cc(C(F)F)n2ncc(C(=O)Nc3c(C(N)=O)sc4nc(C(F)F)cc(-c5cnn(C)c5C)c34)c2n1. The largest absolute Gasteiger partial charge is 0.365 e. The van der Waals surface area contributed by atoms with Crippen molar-refractivity contribution in [1.29, 1.82) is 0 Å². The van der Waals surface area contributed by atoms with Crippen molar-refractivity contribution in [2.75, 3.05) is 5.32 Å². The summed E-state index contributed by atoms with van der Waals surface area (Å²) in [7, 11) is 1.67. The van der Waals surface area contributed by atoms with Gasteiger partial charge in [-0.1, -0.05) is 0 Å². The van der Waals surface area contributed by atoms with Gasteiger partial charge in [0.1, 0.15) is 26.7 Å². The van der Waals surface area contributed by atoms with Crippen LogP contribution in [0.3, 0.4) is 0 Å². The minimum absolute atomic E-state index is 0.0407. The van der Waals surface area contributed by atoms with E-state index in [-0.39, 0.29) is 43.2 Å². The van der Waals surface area contributed by atoms with E-state index >= 15 is 0 Å². The number of pyridine rings is 1. The van der Waals surface area contributed by atoms with Gasteiger partial charge in [0.25, 0.3) is 24.7 Å². The summed E-state index contributed by atoms with van der Waals surface area (Å²) in [6.45, 7) is 3.22. The highest BCUT2D eigenvalue weighted by Crippen LogP contribution is 2.43. The lowest BCUT2D eigenvalue weighted by Gasteiger charge is -2.11. The van der Waals surface area contributed by atoms with E-state index in [0.29, 0.717) is 11.3 Å². The van der Waals surface area contributed by atoms with Crippen LogP contribution in [-0.4, -0.2) is 41.2 Å². The van der Waals surface area contributed by atoms with E-state index in [9.17, 15) is 27.2 Å². The molecule has 0 fully saturated rings. The highest BCUT2D eigenvalue weighted by Gasteiger charge is 2.28. The van der Waals surface area contributed by atoms with Gasteiger partial charge < -0.3 is 11.1 Å². The summed E-state index contributed by atoms with van der Waals surface area (Å²) >= 11 is 0.740. The highest BCUT2D eigenvalue weighted by atomic mass is 32.1. The number of anilines is 1. The second kappa shape index (κ2) is 9.16. The van der Waals surface area contributed by atoms with Crippen LogP contribution >= 0.6 is 11.3 Å². The Balaban J connectivity index is 1.72. The molecule has 10 nitrogen and oxygen atoms in total. The van der Waals surface area contributed by atoms with E-state index in [1.165, 1.54) is 23.9 Å². The Bertz CT molecular complexity index is 1760. The van der Waals surface area contributed by atoms with E-state index in [1.54, 1.807) is 14.0 Å². The molecule has 0 saturated heterocycles. The topological polar surface area (TPSA) is 133 Å². The second-order valence-corrected chi connectivity index (χ2v) is 9.38. The van der Waals surface area contributed by atoms with Crippen LogP contribution in [0.4, 0.5) is 23.2 Å². The molecule has 0 atom stereocenters. The van der Waals surface area contributed by atoms with Gasteiger partial charge in [-0.2, -0.15) is 10.2 Å². The quantitative estimate of drug-likeness (QED) is 0.300. The third kappa shape index (κ3) is 4.04. The first-order valence-corrected chi connectivity index (χ1v) is 11.8. The van der Waals surface area contributed by atoms with E-state index in [2.05, 4.69) is 25.5 Å². The van der Waals surface area contributed by atoms with Crippen molar-refractivity contribution in [3.63, 3.8) is 0 Å². The number of amides is 2. The molecule has 15 heteroatoms. The van der Waals surface area contributed by atoms with E-state index in [1.807, 2.05) is 0 Å². The average Bonchev–Trinajstić information content (AvgIpc) is 3.53. The van der Waals surface area contributed by atoms with Crippen LogP contribution in [0, 0.1) is 13.8 Å². The molecule has 0 aliphatic rings. The number of rotatable bonds is 6. The molecule has 5 rings (SSSR count). The smallest absolute Gasteiger partial charge is 0.280 e. The van der Waals surface area contributed by atoms with E-state index < -0.39 is 36.1 Å². The van der Waals surface area contributed by atoms with Gasteiger partial charge in [0, 0.05) is 29.4 Å². The number of nitrogens with two attached hydrogens (primary N) is 1. The Hall–Kier alpha value is -4.40. The van der Waals surface area contributed by atoms with Gasteiger partial charge in [-0.3, -0.25) is 14.3 Å². The number of carbonyl (C=O) groups is 2. The number of aryl methyl sites for hydroxylation is 2. The van der Waals surface area contributed by atoms with Crippen molar-refractivity contribution >= 4 is 44.7 Å². The fraction of sp³-hybridized carbons (Fsp3) is 0.217. The Morgan fingerprint density at radius 2 is 1.76 bits per heavy atom. The first-order valence-electron chi connectivity index (χ1n) is 11.0. The summed E-state index contributed by atoms with van der Waals surface area (Å²) in [4.78, 5) is 33.8. The van der Waals surface area contributed by atoms with Crippen molar-refractivity contribution < 1.29 is 27.2 Å². The molecule has 0 aromatic carbocycles. The molecule has 0 radical (unpaired) electrons. The van der Waals surface area contributed by atoms with Gasteiger partial charge >= 0.3 is 0 Å². The summed E-state index contributed by atoms with van der Waals surface area (Å²) in [6.07, 6.45) is -3.25. The minimum Gasteiger partial charge on any atom is -0.365 e. The summed E-state index contributed by atoms with van der Waals surface area (Å²) < 4.78 is 56.9. The Labute approximate surface area is 215 Å². The average molecular weight is 547 g/mol. The van der Waals surface area contributed by atoms with E-state index in [0.717, 1.165) is 28.1 Å². The molecule has 0 aliphatic heterocycles. The lowest BCUT2D eigenvalue weighted by atomic mass is 10.0. The summed E-state index contributed by atoms with van der Waals surface area (Å²) in [5.74, 6) is -1.75. The number of alkyl halides is 4. The van der Waals surface area contributed by atoms with E-state index in [4.69, 9.17) is 5.73 Å². The number of nitrogens with zero attached hydrogens (tertiary/aromatic N) is 6.